The van der Waals surface area contributed by atoms with Gasteiger partial charge in [-0.05, 0) is 24.3 Å². The summed E-state index contributed by atoms with van der Waals surface area (Å²) in [4.78, 5) is 17.9. The van der Waals surface area contributed by atoms with Crippen molar-refractivity contribution in [1.29, 1.82) is 0 Å². The number of sulfonamides is 1. The van der Waals surface area contributed by atoms with Crippen LogP contribution in [0.4, 0.5) is 0 Å². The van der Waals surface area contributed by atoms with Gasteiger partial charge in [0, 0.05) is 38.6 Å². The zero-order valence-corrected chi connectivity index (χ0v) is 14.4. The molecule has 1 aliphatic heterocycles. The van der Waals surface area contributed by atoms with E-state index in [4.69, 9.17) is 11.6 Å². The van der Waals surface area contributed by atoms with Crippen molar-refractivity contribution in [2.24, 2.45) is 0 Å². The third-order valence-corrected chi connectivity index (χ3v) is 7.17. The second-order valence-electron chi connectivity index (χ2n) is 5.00. The molecule has 0 radical (unpaired) electrons. The summed E-state index contributed by atoms with van der Waals surface area (Å²) in [6.45, 7) is 1.24. The Labute approximate surface area is 143 Å². The Bertz CT molecular complexity index is 800. The average Bonchev–Trinajstić information content (AvgIpc) is 3.02. The third-order valence-electron chi connectivity index (χ3n) is 3.58. The number of halogens is 1. The van der Waals surface area contributed by atoms with Crippen molar-refractivity contribution in [1.82, 2.24) is 14.2 Å². The van der Waals surface area contributed by atoms with Crippen LogP contribution >= 0.6 is 22.9 Å². The molecular formula is C14H14ClN3O3S2. The minimum atomic E-state index is -3.54. The highest BCUT2D eigenvalue weighted by atomic mass is 35.5. The van der Waals surface area contributed by atoms with E-state index in [2.05, 4.69) is 4.98 Å². The van der Waals surface area contributed by atoms with E-state index in [1.54, 1.807) is 29.3 Å². The van der Waals surface area contributed by atoms with Crippen molar-refractivity contribution < 1.29 is 13.2 Å². The van der Waals surface area contributed by atoms with E-state index in [0.29, 0.717) is 23.0 Å². The van der Waals surface area contributed by atoms with Crippen molar-refractivity contribution in [3.05, 3.63) is 46.6 Å². The monoisotopic (exact) mass is 371 g/mol. The van der Waals surface area contributed by atoms with E-state index in [-0.39, 0.29) is 23.2 Å². The Hall–Kier alpha value is -1.48. The van der Waals surface area contributed by atoms with Crippen molar-refractivity contribution in [2.45, 2.75) is 4.21 Å². The van der Waals surface area contributed by atoms with Gasteiger partial charge in [-0.2, -0.15) is 4.31 Å². The molecular weight excluding hydrogens is 358 g/mol. The zero-order chi connectivity index (χ0) is 16.4. The van der Waals surface area contributed by atoms with E-state index in [0.717, 1.165) is 11.3 Å². The normalized spacial score (nSPS) is 16.5. The lowest BCUT2D eigenvalue weighted by molar-refractivity contribution is 0.0697. The van der Waals surface area contributed by atoms with Gasteiger partial charge in [0.2, 0.25) is 0 Å². The molecule has 6 nitrogen and oxygen atoms in total. The molecule has 0 unspecified atom stereocenters. The molecule has 1 saturated heterocycles. The molecule has 0 aromatic carbocycles. The standard InChI is InChI=1S/C14H14ClN3O3S2/c15-12-3-4-13(22-12)23(20,21)18-8-6-17(7-9-18)14(19)11-2-1-5-16-10-11/h1-5,10H,6-9H2. The number of hydrogen-bond donors (Lipinski definition) is 0. The number of aromatic nitrogens is 1. The SMILES string of the molecule is O=C(c1cccnc1)N1CCN(S(=O)(=O)c2ccc(Cl)s2)CC1. The Kier molecular flexibility index (Phi) is 4.67. The predicted molar refractivity (Wildman–Crippen MR) is 88.2 cm³/mol. The molecule has 0 atom stereocenters. The van der Waals surface area contributed by atoms with Crippen LogP contribution in [0.5, 0.6) is 0 Å². The maximum absolute atomic E-state index is 12.5. The molecule has 2 aromatic rings. The minimum Gasteiger partial charge on any atom is -0.336 e. The van der Waals surface area contributed by atoms with Gasteiger partial charge in [-0.1, -0.05) is 11.6 Å². The molecule has 0 bridgehead atoms. The Morgan fingerprint density at radius 2 is 1.91 bits per heavy atom. The molecule has 3 heterocycles. The van der Waals surface area contributed by atoms with E-state index >= 15 is 0 Å². The van der Waals surface area contributed by atoms with E-state index in [9.17, 15) is 13.2 Å². The lowest BCUT2D eigenvalue weighted by Gasteiger charge is -2.33. The zero-order valence-electron chi connectivity index (χ0n) is 12.1. The number of carbonyl (C=O) groups is 1. The molecule has 0 saturated carbocycles. The summed E-state index contributed by atoms with van der Waals surface area (Å²) in [5.74, 6) is -0.130. The molecule has 1 fully saturated rings. The summed E-state index contributed by atoms with van der Waals surface area (Å²) in [6, 6.07) is 6.48. The van der Waals surface area contributed by atoms with Crippen LogP contribution in [-0.4, -0.2) is 54.7 Å². The van der Waals surface area contributed by atoms with Crippen LogP contribution in [0.2, 0.25) is 4.34 Å². The third kappa shape index (κ3) is 3.40. The summed E-state index contributed by atoms with van der Waals surface area (Å²) in [7, 11) is -3.54. The van der Waals surface area contributed by atoms with Gasteiger partial charge in [0.1, 0.15) is 4.21 Å². The number of piperazine rings is 1. The van der Waals surface area contributed by atoms with Crippen LogP contribution in [0.15, 0.2) is 40.9 Å². The molecule has 3 rings (SSSR count). The quantitative estimate of drug-likeness (QED) is 0.826. The fourth-order valence-corrected chi connectivity index (χ4v) is 5.43. The van der Waals surface area contributed by atoms with Crippen molar-refractivity contribution in [2.75, 3.05) is 26.2 Å². The maximum atomic E-state index is 12.5. The van der Waals surface area contributed by atoms with Crippen LogP contribution in [0.3, 0.4) is 0 Å². The first kappa shape index (κ1) is 16.4. The Balaban J connectivity index is 1.68. The van der Waals surface area contributed by atoms with Crippen molar-refractivity contribution in [3.8, 4) is 0 Å². The van der Waals surface area contributed by atoms with E-state index in [1.165, 1.54) is 16.6 Å². The van der Waals surface area contributed by atoms with Crippen LogP contribution in [-0.2, 0) is 10.0 Å². The highest BCUT2D eigenvalue weighted by Crippen LogP contribution is 2.28. The topological polar surface area (TPSA) is 70.6 Å². The molecule has 1 aliphatic rings. The maximum Gasteiger partial charge on any atom is 0.255 e. The van der Waals surface area contributed by atoms with Crippen molar-refractivity contribution in [3.63, 3.8) is 0 Å². The van der Waals surface area contributed by atoms with Gasteiger partial charge in [-0.25, -0.2) is 8.42 Å². The predicted octanol–water partition coefficient (Wildman–Crippen LogP) is 1.94. The highest BCUT2D eigenvalue weighted by molar-refractivity contribution is 7.91. The fourth-order valence-electron chi connectivity index (χ4n) is 2.37. The summed E-state index contributed by atoms with van der Waals surface area (Å²) in [6.07, 6.45) is 3.12. The van der Waals surface area contributed by atoms with Crippen LogP contribution < -0.4 is 0 Å². The van der Waals surface area contributed by atoms with Gasteiger partial charge in [-0.3, -0.25) is 9.78 Å². The number of thiophene rings is 1. The van der Waals surface area contributed by atoms with Gasteiger partial charge in [0.25, 0.3) is 15.9 Å². The molecule has 0 aliphatic carbocycles. The van der Waals surface area contributed by atoms with Gasteiger partial charge >= 0.3 is 0 Å². The number of amides is 1. The van der Waals surface area contributed by atoms with Crippen LogP contribution in [0.25, 0.3) is 0 Å². The summed E-state index contributed by atoms with van der Waals surface area (Å²) in [5.41, 5.74) is 0.508. The highest BCUT2D eigenvalue weighted by Gasteiger charge is 2.31. The molecule has 9 heteroatoms. The number of rotatable bonds is 3. The van der Waals surface area contributed by atoms with Gasteiger partial charge in [0.15, 0.2) is 0 Å². The summed E-state index contributed by atoms with van der Waals surface area (Å²) < 4.78 is 27.1. The van der Waals surface area contributed by atoms with Crippen molar-refractivity contribution >= 4 is 38.9 Å². The summed E-state index contributed by atoms with van der Waals surface area (Å²) >= 11 is 6.85. The molecule has 23 heavy (non-hydrogen) atoms. The molecule has 122 valence electrons. The van der Waals surface area contributed by atoms with Crippen LogP contribution in [0, 0.1) is 0 Å². The first-order chi connectivity index (χ1) is 11.0. The first-order valence-electron chi connectivity index (χ1n) is 6.93. The molecule has 1 amide bonds. The number of pyridine rings is 1. The van der Waals surface area contributed by atoms with Gasteiger partial charge in [0.05, 0.1) is 9.90 Å². The Morgan fingerprint density at radius 1 is 1.17 bits per heavy atom. The van der Waals surface area contributed by atoms with E-state index < -0.39 is 10.0 Å². The number of hydrogen-bond acceptors (Lipinski definition) is 5. The van der Waals surface area contributed by atoms with Gasteiger partial charge in [-0.15, -0.1) is 11.3 Å². The summed E-state index contributed by atoms with van der Waals surface area (Å²) in [5, 5.41) is 0. The second kappa shape index (κ2) is 6.56. The lowest BCUT2D eigenvalue weighted by atomic mass is 10.2. The molecule has 0 N–H and O–H groups in total. The smallest absolute Gasteiger partial charge is 0.255 e. The Morgan fingerprint density at radius 3 is 2.48 bits per heavy atom. The number of nitrogens with zero attached hydrogens (tertiary/aromatic N) is 3. The minimum absolute atomic E-state index is 0.130. The lowest BCUT2D eigenvalue weighted by Crippen LogP contribution is -2.50. The molecule has 0 spiro atoms. The largest absolute Gasteiger partial charge is 0.336 e. The van der Waals surface area contributed by atoms with Crippen LogP contribution in [0.1, 0.15) is 10.4 Å². The molecule has 2 aromatic heterocycles. The fraction of sp³-hybridized carbons (Fsp3) is 0.286. The number of carbonyl (C=O) groups excluding carboxylic acids is 1. The first-order valence-corrected chi connectivity index (χ1v) is 9.57. The van der Waals surface area contributed by atoms with E-state index in [1.807, 2.05) is 0 Å². The van der Waals surface area contributed by atoms with Gasteiger partial charge < -0.3 is 4.90 Å². The average molecular weight is 372 g/mol. The second-order valence-corrected chi connectivity index (χ2v) is 8.88.